The maximum absolute atomic E-state index is 11.8. The Morgan fingerprint density at radius 1 is 1.09 bits per heavy atom. The Morgan fingerprint density at radius 2 is 1.96 bits per heavy atom. The average molecular weight is 308 g/mol. The second-order valence-electron chi connectivity index (χ2n) is 5.41. The lowest BCUT2D eigenvalue weighted by Gasteiger charge is -2.07. The summed E-state index contributed by atoms with van der Waals surface area (Å²) in [6, 6.07) is 17.9. The molecule has 0 unspecified atom stereocenters. The van der Waals surface area contributed by atoms with Crippen LogP contribution in [-0.2, 0) is 11.2 Å². The van der Waals surface area contributed by atoms with E-state index in [0.717, 1.165) is 17.7 Å². The van der Waals surface area contributed by atoms with E-state index in [0.29, 0.717) is 19.6 Å². The highest BCUT2D eigenvalue weighted by Crippen LogP contribution is 2.14. The number of H-pyrrole nitrogens is 1. The van der Waals surface area contributed by atoms with Crippen LogP contribution in [0.2, 0.25) is 0 Å². The van der Waals surface area contributed by atoms with Gasteiger partial charge in [0.1, 0.15) is 5.75 Å². The van der Waals surface area contributed by atoms with Crippen LogP contribution in [0.1, 0.15) is 12.0 Å². The molecule has 4 heteroatoms. The van der Waals surface area contributed by atoms with Crippen molar-refractivity contribution < 1.29 is 9.53 Å². The number of aromatic nitrogens is 1. The Balaban J connectivity index is 1.37. The smallest absolute Gasteiger partial charge is 0.223 e. The molecule has 1 amide bonds. The van der Waals surface area contributed by atoms with Crippen LogP contribution in [-0.4, -0.2) is 24.0 Å². The van der Waals surface area contributed by atoms with Gasteiger partial charge in [0.05, 0.1) is 13.0 Å². The molecule has 4 nitrogen and oxygen atoms in total. The number of carbonyl (C=O) groups is 1. The van der Waals surface area contributed by atoms with Crippen molar-refractivity contribution in [2.75, 3.05) is 13.2 Å². The first-order valence-electron chi connectivity index (χ1n) is 7.82. The molecule has 0 bridgehead atoms. The maximum Gasteiger partial charge on any atom is 0.223 e. The van der Waals surface area contributed by atoms with Gasteiger partial charge in [-0.25, -0.2) is 0 Å². The maximum atomic E-state index is 11.8. The van der Waals surface area contributed by atoms with E-state index in [1.165, 1.54) is 10.9 Å². The monoisotopic (exact) mass is 308 g/mol. The second-order valence-corrected chi connectivity index (χ2v) is 5.41. The Kier molecular flexibility index (Phi) is 4.94. The number of aromatic amines is 1. The SMILES string of the molecule is O=C(CCOc1ccccc1)NCCc1ccc2[nH]ccc2c1. The molecule has 3 aromatic rings. The number of ether oxygens (including phenoxy) is 1. The molecule has 0 aliphatic rings. The van der Waals surface area contributed by atoms with E-state index in [-0.39, 0.29) is 5.91 Å². The van der Waals surface area contributed by atoms with Crippen LogP contribution in [0.5, 0.6) is 5.75 Å². The van der Waals surface area contributed by atoms with Gasteiger partial charge in [-0.3, -0.25) is 4.79 Å². The predicted molar refractivity (Wildman–Crippen MR) is 91.6 cm³/mol. The van der Waals surface area contributed by atoms with Crippen molar-refractivity contribution in [2.45, 2.75) is 12.8 Å². The van der Waals surface area contributed by atoms with Crippen LogP contribution in [0.25, 0.3) is 10.9 Å². The Labute approximate surface area is 135 Å². The Bertz CT molecular complexity index is 765. The molecule has 2 aromatic carbocycles. The van der Waals surface area contributed by atoms with Crippen LogP contribution in [0.3, 0.4) is 0 Å². The molecular weight excluding hydrogens is 288 g/mol. The molecule has 23 heavy (non-hydrogen) atoms. The highest BCUT2D eigenvalue weighted by molar-refractivity contribution is 5.80. The third-order valence-corrected chi connectivity index (χ3v) is 3.69. The minimum atomic E-state index is 0.0173. The summed E-state index contributed by atoms with van der Waals surface area (Å²) in [5, 5.41) is 4.13. The first-order valence-corrected chi connectivity index (χ1v) is 7.82. The van der Waals surface area contributed by atoms with Gasteiger partial charge in [-0.2, -0.15) is 0 Å². The average Bonchev–Trinajstić information content (AvgIpc) is 3.03. The third-order valence-electron chi connectivity index (χ3n) is 3.69. The molecule has 0 saturated carbocycles. The largest absolute Gasteiger partial charge is 0.493 e. The normalized spacial score (nSPS) is 10.6. The number of rotatable bonds is 7. The van der Waals surface area contributed by atoms with E-state index < -0.39 is 0 Å². The second kappa shape index (κ2) is 7.49. The van der Waals surface area contributed by atoms with Gasteiger partial charge in [0.15, 0.2) is 0 Å². The first kappa shape index (κ1) is 15.2. The fourth-order valence-corrected chi connectivity index (χ4v) is 2.47. The molecule has 0 radical (unpaired) electrons. The quantitative estimate of drug-likeness (QED) is 0.703. The summed E-state index contributed by atoms with van der Waals surface area (Å²) in [6.45, 7) is 1.03. The molecule has 1 aromatic heterocycles. The Morgan fingerprint density at radius 3 is 2.83 bits per heavy atom. The van der Waals surface area contributed by atoms with E-state index in [1.807, 2.05) is 36.5 Å². The minimum Gasteiger partial charge on any atom is -0.493 e. The zero-order valence-electron chi connectivity index (χ0n) is 12.9. The van der Waals surface area contributed by atoms with Gasteiger partial charge < -0.3 is 15.0 Å². The lowest BCUT2D eigenvalue weighted by molar-refractivity contribution is -0.121. The van der Waals surface area contributed by atoms with Gasteiger partial charge in [-0.15, -0.1) is 0 Å². The standard InChI is InChI=1S/C19H20N2O2/c22-19(10-13-23-17-4-2-1-3-5-17)21-11-8-15-6-7-18-16(14-15)9-12-20-18/h1-7,9,12,14,20H,8,10-11,13H2,(H,21,22). The molecule has 0 aliphatic heterocycles. The lowest BCUT2D eigenvalue weighted by atomic mass is 10.1. The zero-order chi connectivity index (χ0) is 15.9. The number of hydrogen-bond donors (Lipinski definition) is 2. The van der Waals surface area contributed by atoms with Crippen molar-refractivity contribution in [3.8, 4) is 5.75 Å². The number of para-hydroxylation sites is 1. The van der Waals surface area contributed by atoms with Crippen molar-refractivity contribution >= 4 is 16.8 Å². The van der Waals surface area contributed by atoms with Crippen LogP contribution in [0, 0.1) is 0 Å². The number of hydrogen-bond acceptors (Lipinski definition) is 2. The highest BCUT2D eigenvalue weighted by Gasteiger charge is 2.02. The molecule has 2 N–H and O–H groups in total. The van der Waals surface area contributed by atoms with Gasteiger partial charge in [-0.1, -0.05) is 24.3 Å². The molecule has 0 aliphatic carbocycles. The summed E-state index contributed by atoms with van der Waals surface area (Å²) in [4.78, 5) is 15.0. The van der Waals surface area contributed by atoms with Crippen LogP contribution >= 0.6 is 0 Å². The zero-order valence-corrected chi connectivity index (χ0v) is 12.9. The molecule has 0 saturated heterocycles. The van der Waals surface area contributed by atoms with Crippen LogP contribution in [0.4, 0.5) is 0 Å². The molecule has 0 spiro atoms. The van der Waals surface area contributed by atoms with Gasteiger partial charge in [-0.05, 0) is 47.7 Å². The van der Waals surface area contributed by atoms with Gasteiger partial charge >= 0.3 is 0 Å². The van der Waals surface area contributed by atoms with Gasteiger partial charge in [0, 0.05) is 18.3 Å². The van der Waals surface area contributed by atoms with Crippen LogP contribution in [0.15, 0.2) is 60.8 Å². The molecule has 118 valence electrons. The Hall–Kier alpha value is -2.75. The van der Waals surface area contributed by atoms with Gasteiger partial charge in [0.2, 0.25) is 5.91 Å². The minimum absolute atomic E-state index is 0.0173. The van der Waals surface area contributed by atoms with Crippen molar-refractivity contribution in [3.05, 3.63) is 66.4 Å². The van der Waals surface area contributed by atoms with Crippen LogP contribution < -0.4 is 10.1 Å². The van der Waals surface area contributed by atoms with E-state index in [2.05, 4.69) is 34.6 Å². The summed E-state index contributed by atoms with van der Waals surface area (Å²) in [5.41, 5.74) is 2.36. The molecule has 0 atom stereocenters. The van der Waals surface area contributed by atoms with E-state index in [1.54, 1.807) is 0 Å². The molecule has 1 heterocycles. The highest BCUT2D eigenvalue weighted by atomic mass is 16.5. The number of carbonyl (C=O) groups excluding carboxylic acids is 1. The molecule has 3 rings (SSSR count). The number of nitrogens with one attached hydrogen (secondary N) is 2. The molecular formula is C19H20N2O2. The topological polar surface area (TPSA) is 54.1 Å². The number of benzene rings is 2. The van der Waals surface area contributed by atoms with Crippen molar-refractivity contribution in [1.82, 2.24) is 10.3 Å². The van der Waals surface area contributed by atoms with E-state index in [4.69, 9.17) is 4.74 Å². The third kappa shape index (κ3) is 4.36. The molecule has 0 fully saturated rings. The summed E-state index contributed by atoms with van der Waals surface area (Å²) in [6.07, 6.45) is 3.13. The van der Waals surface area contributed by atoms with Crippen molar-refractivity contribution in [2.24, 2.45) is 0 Å². The summed E-state index contributed by atoms with van der Waals surface area (Å²) in [5.74, 6) is 0.809. The summed E-state index contributed by atoms with van der Waals surface area (Å²) >= 11 is 0. The van der Waals surface area contributed by atoms with Crippen molar-refractivity contribution in [3.63, 3.8) is 0 Å². The van der Waals surface area contributed by atoms with E-state index in [9.17, 15) is 4.79 Å². The van der Waals surface area contributed by atoms with E-state index >= 15 is 0 Å². The fraction of sp³-hybridized carbons (Fsp3) is 0.211. The summed E-state index contributed by atoms with van der Waals surface area (Å²) in [7, 11) is 0. The summed E-state index contributed by atoms with van der Waals surface area (Å²) < 4.78 is 5.52. The van der Waals surface area contributed by atoms with Gasteiger partial charge in [0.25, 0.3) is 0 Å². The fourth-order valence-electron chi connectivity index (χ4n) is 2.47. The number of amides is 1. The first-order chi connectivity index (χ1) is 11.3. The number of fused-ring (bicyclic) bond motifs is 1. The predicted octanol–water partition coefficient (Wildman–Crippen LogP) is 3.30. The van der Waals surface area contributed by atoms with Crippen molar-refractivity contribution in [1.29, 1.82) is 0 Å². The lowest BCUT2D eigenvalue weighted by Crippen LogP contribution is -2.27.